The van der Waals surface area contributed by atoms with Gasteiger partial charge in [0.2, 0.25) is 0 Å². The second-order valence-corrected chi connectivity index (χ2v) is 4.18. The quantitative estimate of drug-likeness (QED) is 0.878. The van der Waals surface area contributed by atoms with Crippen molar-refractivity contribution in [1.82, 2.24) is 0 Å². The summed E-state index contributed by atoms with van der Waals surface area (Å²) in [5.41, 5.74) is 0.349. The second-order valence-electron chi connectivity index (χ2n) is 3.20. The molecule has 0 aliphatic rings. The molecule has 1 aromatic carbocycles. The molecule has 0 saturated carbocycles. The van der Waals surface area contributed by atoms with Gasteiger partial charge in [0, 0.05) is 4.88 Å². The molecule has 0 amide bonds. The molecular weight excluding hydrogens is 223 g/mol. The van der Waals surface area contributed by atoms with Crippen LogP contribution < -0.4 is 5.32 Å². The Morgan fingerprint density at radius 1 is 1.25 bits per heavy atom. The number of rotatable bonds is 3. The molecule has 1 N–H and O–H groups in total. The normalized spacial score (nSPS) is 11.8. The lowest BCUT2D eigenvalue weighted by molar-refractivity contribution is 0.629. The van der Waals surface area contributed by atoms with Crippen LogP contribution in [0.25, 0.3) is 0 Å². The average Bonchev–Trinajstić information content (AvgIpc) is 2.81. The van der Waals surface area contributed by atoms with Crippen molar-refractivity contribution in [3.8, 4) is 6.07 Å². The number of anilines is 1. The summed E-state index contributed by atoms with van der Waals surface area (Å²) in [7, 11) is 0. The molecule has 0 spiro atoms. The van der Waals surface area contributed by atoms with Crippen molar-refractivity contribution < 1.29 is 4.39 Å². The molecule has 1 unspecified atom stereocenters. The fourth-order valence-electron chi connectivity index (χ4n) is 1.36. The zero-order valence-electron chi connectivity index (χ0n) is 8.35. The van der Waals surface area contributed by atoms with Crippen molar-refractivity contribution in [3.63, 3.8) is 0 Å². The number of nitrogens with one attached hydrogen (secondary N) is 1. The number of halogens is 1. The van der Waals surface area contributed by atoms with Crippen molar-refractivity contribution in [1.29, 1.82) is 5.26 Å². The predicted octanol–water partition coefficient (Wildman–Crippen LogP) is 3.56. The van der Waals surface area contributed by atoms with Crippen LogP contribution in [0.5, 0.6) is 0 Å². The standard InChI is InChI=1S/C12H9FN2S/c13-9-4-1-2-5-10(9)15-11(8-14)12-6-3-7-16-12/h1-7,11,15H. The molecule has 1 atom stereocenters. The van der Waals surface area contributed by atoms with Crippen LogP contribution in [0, 0.1) is 17.1 Å². The third kappa shape index (κ3) is 2.20. The van der Waals surface area contributed by atoms with Gasteiger partial charge < -0.3 is 5.32 Å². The summed E-state index contributed by atoms with van der Waals surface area (Å²) in [5, 5.41) is 13.8. The van der Waals surface area contributed by atoms with E-state index in [0.717, 1.165) is 4.88 Å². The summed E-state index contributed by atoms with van der Waals surface area (Å²) in [4.78, 5) is 0.880. The summed E-state index contributed by atoms with van der Waals surface area (Å²) in [6.45, 7) is 0. The summed E-state index contributed by atoms with van der Waals surface area (Å²) in [6.07, 6.45) is 0. The molecule has 16 heavy (non-hydrogen) atoms. The Bertz CT molecular complexity index is 502. The van der Waals surface area contributed by atoms with E-state index < -0.39 is 6.04 Å². The highest BCUT2D eigenvalue weighted by atomic mass is 32.1. The average molecular weight is 232 g/mol. The van der Waals surface area contributed by atoms with Gasteiger partial charge in [-0.2, -0.15) is 5.26 Å². The Hall–Kier alpha value is -1.86. The summed E-state index contributed by atoms with van der Waals surface area (Å²) in [5.74, 6) is -0.348. The Morgan fingerprint density at radius 3 is 2.69 bits per heavy atom. The maximum Gasteiger partial charge on any atom is 0.149 e. The molecule has 4 heteroatoms. The number of thiophene rings is 1. The SMILES string of the molecule is N#CC(Nc1ccccc1F)c1cccs1. The van der Waals surface area contributed by atoms with Crippen molar-refractivity contribution in [2.24, 2.45) is 0 Å². The Balaban J connectivity index is 2.21. The summed E-state index contributed by atoms with van der Waals surface area (Å²) < 4.78 is 13.4. The lowest BCUT2D eigenvalue weighted by atomic mass is 10.2. The van der Waals surface area contributed by atoms with Crippen molar-refractivity contribution in [2.75, 3.05) is 5.32 Å². The molecule has 0 radical (unpaired) electrons. The molecule has 1 heterocycles. The zero-order chi connectivity index (χ0) is 11.4. The first-order chi connectivity index (χ1) is 7.81. The smallest absolute Gasteiger partial charge is 0.149 e. The first-order valence-corrected chi connectivity index (χ1v) is 5.63. The van der Waals surface area contributed by atoms with Gasteiger partial charge in [0.1, 0.15) is 11.9 Å². The molecule has 1 aromatic heterocycles. The Kier molecular flexibility index (Phi) is 3.18. The van der Waals surface area contributed by atoms with Gasteiger partial charge in [0.25, 0.3) is 0 Å². The van der Waals surface area contributed by atoms with Gasteiger partial charge in [0.05, 0.1) is 11.8 Å². The predicted molar refractivity (Wildman–Crippen MR) is 62.7 cm³/mol. The van der Waals surface area contributed by atoms with Crippen LogP contribution in [-0.4, -0.2) is 0 Å². The fraction of sp³-hybridized carbons (Fsp3) is 0.0833. The highest BCUT2D eigenvalue weighted by Gasteiger charge is 2.12. The summed E-state index contributed by atoms with van der Waals surface area (Å²) in [6, 6.07) is 11.7. The van der Waals surface area contributed by atoms with Crippen LogP contribution >= 0.6 is 11.3 Å². The minimum Gasteiger partial charge on any atom is -0.363 e. The first kappa shape index (κ1) is 10.7. The molecule has 80 valence electrons. The Morgan fingerprint density at radius 2 is 2.06 bits per heavy atom. The van der Waals surface area contributed by atoms with E-state index in [2.05, 4.69) is 11.4 Å². The largest absolute Gasteiger partial charge is 0.363 e. The first-order valence-electron chi connectivity index (χ1n) is 4.75. The van der Waals surface area contributed by atoms with Gasteiger partial charge in [0.15, 0.2) is 0 Å². The third-order valence-corrected chi connectivity index (χ3v) is 3.07. The van der Waals surface area contributed by atoms with Gasteiger partial charge in [-0.15, -0.1) is 11.3 Å². The van der Waals surface area contributed by atoms with E-state index >= 15 is 0 Å². The van der Waals surface area contributed by atoms with E-state index in [1.54, 1.807) is 18.2 Å². The molecule has 2 nitrogen and oxygen atoms in total. The lowest BCUT2D eigenvalue weighted by Gasteiger charge is -2.11. The molecule has 2 aromatic rings. The Labute approximate surface area is 97.0 Å². The monoisotopic (exact) mass is 232 g/mol. The molecular formula is C12H9FN2S. The molecule has 2 rings (SSSR count). The summed E-state index contributed by atoms with van der Waals surface area (Å²) >= 11 is 1.47. The van der Waals surface area contributed by atoms with Gasteiger partial charge in [-0.05, 0) is 23.6 Å². The maximum atomic E-state index is 13.4. The van der Waals surface area contributed by atoms with Gasteiger partial charge in [-0.25, -0.2) is 4.39 Å². The third-order valence-electron chi connectivity index (χ3n) is 2.13. The number of hydrogen-bond donors (Lipinski definition) is 1. The fourth-order valence-corrected chi connectivity index (χ4v) is 2.08. The minimum atomic E-state index is -0.503. The van der Waals surface area contributed by atoms with E-state index in [4.69, 9.17) is 5.26 Å². The van der Waals surface area contributed by atoms with Crippen molar-refractivity contribution in [3.05, 3.63) is 52.5 Å². The van der Waals surface area contributed by atoms with E-state index in [-0.39, 0.29) is 5.82 Å². The number of benzene rings is 1. The lowest BCUT2D eigenvalue weighted by Crippen LogP contribution is -2.07. The molecule has 0 bridgehead atoms. The van der Waals surface area contributed by atoms with Gasteiger partial charge in [-0.1, -0.05) is 18.2 Å². The molecule has 0 saturated heterocycles. The highest BCUT2D eigenvalue weighted by Crippen LogP contribution is 2.24. The minimum absolute atomic E-state index is 0.348. The van der Waals surface area contributed by atoms with Gasteiger partial charge in [-0.3, -0.25) is 0 Å². The van der Waals surface area contributed by atoms with E-state index in [0.29, 0.717) is 5.69 Å². The number of para-hydroxylation sites is 1. The number of nitriles is 1. The molecule has 0 aliphatic heterocycles. The van der Waals surface area contributed by atoms with Crippen LogP contribution in [0.3, 0.4) is 0 Å². The molecule has 0 aliphatic carbocycles. The van der Waals surface area contributed by atoms with Crippen molar-refractivity contribution in [2.45, 2.75) is 6.04 Å². The van der Waals surface area contributed by atoms with Gasteiger partial charge >= 0.3 is 0 Å². The number of nitrogens with zero attached hydrogens (tertiary/aromatic N) is 1. The van der Waals surface area contributed by atoms with Crippen LogP contribution in [0.4, 0.5) is 10.1 Å². The van der Waals surface area contributed by atoms with Crippen LogP contribution in [0.1, 0.15) is 10.9 Å². The number of hydrogen-bond acceptors (Lipinski definition) is 3. The van der Waals surface area contributed by atoms with Crippen molar-refractivity contribution >= 4 is 17.0 Å². The van der Waals surface area contributed by atoms with E-state index in [1.807, 2.05) is 17.5 Å². The maximum absolute atomic E-state index is 13.4. The van der Waals surface area contributed by atoms with Crippen LogP contribution in [-0.2, 0) is 0 Å². The van der Waals surface area contributed by atoms with E-state index in [1.165, 1.54) is 17.4 Å². The topological polar surface area (TPSA) is 35.8 Å². The highest BCUT2D eigenvalue weighted by molar-refractivity contribution is 7.10. The molecule has 0 fully saturated rings. The second kappa shape index (κ2) is 4.77. The zero-order valence-corrected chi connectivity index (χ0v) is 9.17. The van der Waals surface area contributed by atoms with Crippen LogP contribution in [0.2, 0.25) is 0 Å². The van der Waals surface area contributed by atoms with Crippen LogP contribution in [0.15, 0.2) is 41.8 Å². The van der Waals surface area contributed by atoms with E-state index in [9.17, 15) is 4.39 Å².